The second-order valence-corrected chi connectivity index (χ2v) is 6.18. The zero-order valence-electron chi connectivity index (χ0n) is 12.9. The lowest BCUT2D eigenvalue weighted by Gasteiger charge is -2.29. The molecule has 1 aromatic rings. The summed E-state index contributed by atoms with van der Waals surface area (Å²) in [4.78, 5) is 2.46. The van der Waals surface area contributed by atoms with Gasteiger partial charge in [-0.25, -0.2) is 0 Å². The van der Waals surface area contributed by atoms with E-state index in [2.05, 4.69) is 37.1 Å². The molecule has 0 bridgehead atoms. The third-order valence-corrected chi connectivity index (χ3v) is 4.31. The van der Waals surface area contributed by atoms with Crippen molar-refractivity contribution in [3.05, 3.63) is 27.8 Å². The first-order valence-corrected chi connectivity index (χ1v) is 7.75. The van der Waals surface area contributed by atoms with Gasteiger partial charge >= 0.3 is 0 Å². The second-order valence-electron chi connectivity index (χ2n) is 5.80. The monoisotopic (exact) mass is 296 g/mol. The Morgan fingerprint density at radius 1 is 1.30 bits per heavy atom. The van der Waals surface area contributed by atoms with Crippen LogP contribution >= 0.6 is 11.6 Å². The Morgan fingerprint density at radius 2 is 1.95 bits per heavy atom. The van der Waals surface area contributed by atoms with Crippen molar-refractivity contribution in [1.82, 2.24) is 10.2 Å². The molecule has 2 rings (SSSR count). The second kappa shape index (κ2) is 6.79. The minimum absolute atomic E-state index is 0.178. The molecular formula is C16H25ClN2O. The highest BCUT2D eigenvalue weighted by atomic mass is 35.5. The number of benzene rings is 1. The van der Waals surface area contributed by atoms with Crippen molar-refractivity contribution in [3.63, 3.8) is 0 Å². The molecule has 1 aromatic carbocycles. The largest absolute Gasteiger partial charge is 0.491 e. The summed E-state index contributed by atoms with van der Waals surface area (Å²) in [5.41, 5.74) is 3.47. The molecule has 0 spiro atoms. The average Bonchev–Trinajstić information content (AvgIpc) is 2.41. The van der Waals surface area contributed by atoms with Gasteiger partial charge in [0.05, 0.1) is 6.10 Å². The van der Waals surface area contributed by atoms with Crippen LogP contribution in [0.3, 0.4) is 0 Å². The molecule has 0 radical (unpaired) electrons. The van der Waals surface area contributed by atoms with Crippen molar-refractivity contribution in [2.75, 3.05) is 26.2 Å². The van der Waals surface area contributed by atoms with Crippen LogP contribution < -0.4 is 10.1 Å². The molecule has 0 atom stereocenters. The van der Waals surface area contributed by atoms with Gasteiger partial charge in [0.2, 0.25) is 0 Å². The fourth-order valence-electron chi connectivity index (χ4n) is 2.61. The molecule has 20 heavy (non-hydrogen) atoms. The topological polar surface area (TPSA) is 24.5 Å². The van der Waals surface area contributed by atoms with Crippen LogP contribution in [0, 0.1) is 13.8 Å². The number of hydrogen-bond donors (Lipinski definition) is 1. The molecule has 3 nitrogen and oxygen atoms in total. The van der Waals surface area contributed by atoms with Crippen molar-refractivity contribution in [2.24, 2.45) is 0 Å². The van der Waals surface area contributed by atoms with E-state index in [9.17, 15) is 0 Å². The highest BCUT2D eigenvalue weighted by molar-refractivity contribution is 6.32. The summed E-state index contributed by atoms with van der Waals surface area (Å²) >= 11 is 6.42. The molecule has 0 unspecified atom stereocenters. The maximum Gasteiger partial charge on any atom is 0.124 e. The number of nitrogens with zero attached hydrogens (tertiary/aromatic N) is 1. The summed E-state index contributed by atoms with van der Waals surface area (Å²) in [5.74, 6) is 0.984. The number of aryl methyl sites for hydroxylation is 1. The Labute approximate surface area is 127 Å². The summed E-state index contributed by atoms with van der Waals surface area (Å²) < 4.78 is 6.00. The van der Waals surface area contributed by atoms with E-state index in [4.69, 9.17) is 16.3 Å². The molecule has 0 aromatic heterocycles. The van der Waals surface area contributed by atoms with Gasteiger partial charge in [-0.3, -0.25) is 4.90 Å². The smallest absolute Gasteiger partial charge is 0.124 e. The fourth-order valence-corrected chi connectivity index (χ4v) is 2.78. The number of piperazine rings is 1. The molecule has 1 aliphatic rings. The van der Waals surface area contributed by atoms with E-state index in [0.29, 0.717) is 0 Å². The molecule has 0 amide bonds. The molecule has 1 N–H and O–H groups in total. The predicted molar refractivity (Wildman–Crippen MR) is 84.8 cm³/mol. The average molecular weight is 297 g/mol. The Kier molecular flexibility index (Phi) is 5.30. The minimum atomic E-state index is 0.178. The Balaban J connectivity index is 2.29. The van der Waals surface area contributed by atoms with E-state index >= 15 is 0 Å². The molecular weight excluding hydrogens is 272 g/mol. The number of rotatable bonds is 4. The molecule has 112 valence electrons. The molecule has 1 aliphatic heterocycles. The Hall–Kier alpha value is -0.770. The van der Waals surface area contributed by atoms with Crippen LogP contribution in [0.15, 0.2) is 6.07 Å². The van der Waals surface area contributed by atoms with E-state index in [0.717, 1.165) is 54.6 Å². The summed E-state index contributed by atoms with van der Waals surface area (Å²) in [7, 11) is 0. The van der Waals surface area contributed by atoms with Gasteiger partial charge in [0.15, 0.2) is 0 Å². The first kappa shape index (κ1) is 15.6. The zero-order valence-corrected chi connectivity index (χ0v) is 13.7. The van der Waals surface area contributed by atoms with Gasteiger partial charge in [0.25, 0.3) is 0 Å². The van der Waals surface area contributed by atoms with Crippen molar-refractivity contribution >= 4 is 11.6 Å². The predicted octanol–water partition coefficient (Wildman–Crippen LogP) is 3.15. The summed E-state index contributed by atoms with van der Waals surface area (Å²) in [6, 6.07) is 2.08. The van der Waals surface area contributed by atoms with Crippen LogP contribution in [0.5, 0.6) is 5.75 Å². The highest BCUT2D eigenvalue weighted by Gasteiger charge is 2.18. The molecule has 1 fully saturated rings. The highest BCUT2D eigenvalue weighted by Crippen LogP contribution is 2.33. The van der Waals surface area contributed by atoms with E-state index in [-0.39, 0.29) is 6.10 Å². The maximum absolute atomic E-state index is 6.42. The van der Waals surface area contributed by atoms with Gasteiger partial charge in [-0.2, -0.15) is 0 Å². The molecule has 0 saturated carbocycles. The summed E-state index contributed by atoms with van der Waals surface area (Å²) in [6.07, 6.45) is 0.178. The Bertz CT molecular complexity index is 468. The van der Waals surface area contributed by atoms with Crippen LogP contribution in [-0.2, 0) is 6.54 Å². The maximum atomic E-state index is 6.42. The summed E-state index contributed by atoms with van der Waals surface area (Å²) in [5, 5.41) is 4.25. The van der Waals surface area contributed by atoms with Gasteiger partial charge < -0.3 is 10.1 Å². The van der Waals surface area contributed by atoms with Gasteiger partial charge in [-0.05, 0) is 44.9 Å². The van der Waals surface area contributed by atoms with Gasteiger partial charge in [-0.1, -0.05) is 11.6 Å². The number of halogens is 1. The lowest BCUT2D eigenvalue weighted by molar-refractivity contribution is 0.214. The van der Waals surface area contributed by atoms with E-state index in [1.807, 2.05) is 6.92 Å². The zero-order chi connectivity index (χ0) is 14.7. The van der Waals surface area contributed by atoms with Crippen LogP contribution in [0.25, 0.3) is 0 Å². The lowest BCUT2D eigenvalue weighted by atomic mass is 10.0. The quantitative estimate of drug-likeness (QED) is 0.924. The van der Waals surface area contributed by atoms with Gasteiger partial charge in [0.1, 0.15) is 5.75 Å². The van der Waals surface area contributed by atoms with Crippen molar-refractivity contribution in [3.8, 4) is 5.75 Å². The first-order chi connectivity index (χ1) is 9.49. The van der Waals surface area contributed by atoms with Crippen molar-refractivity contribution < 1.29 is 4.74 Å². The standard InChI is InChI=1S/C16H25ClN2O/c1-11(2)20-15-9-12(3)16(17)13(4)14(15)10-19-7-5-18-6-8-19/h9,11,18H,5-8,10H2,1-4H3. The van der Waals surface area contributed by atoms with E-state index < -0.39 is 0 Å². The molecule has 0 aliphatic carbocycles. The Morgan fingerprint density at radius 3 is 2.55 bits per heavy atom. The van der Waals surface area contributed by atoms with Gasteiger partial charge in [0, 0.05) is 43.3 Å². The molecule has 4 heteroatoms. The number of nitrogens with one attached hydrogen (secondary N) is 1. The fraction of sp³-hybridized carbons (Fsp3) is 0.625. The van der Waals surface area contributed by atoms with Crippen molar-refractivity contribution in [2.45, 2.75) is 40.3 Å². The van der Waals surface area contributed by atoms with Crippen LogP contribution in [0.1, 0.15) is 30.5 Å². The lowest BCUT2D eigenvalue weighted by Crippen LogP contribution is -2.43. The van der Waals surface area contributed by atoms with Crippen LogP contribution in [0.2, 0.25) is 5.02 Å². The van der Waals surface area contributed by atoms with Gasteiger partial charge in [-0.15, -0.1) is 0 Å². The molecule has 1 saturated heterocycles. The van der Waals surface area contributed by atoms with Crippen LogP contribution in [-0.4, -0.2) is 37.2 Å². The third kappa shape index (κ3) is 3.66. The molecule has 1 heterocycles. The number of hydrogen-bond acceptors (Lipinski definition) is 3. The van der Waals surface area contributed by atoms with Crippen LogP contribution in [0.4, 0.5) is 0 Å². The summed E-state index contributed by atoms with van der Waals surface area (Å²) in [6.45, 7) is 13.4. The van der Waals surface area contributed by atoms with E-state index in [1.54, 1.807) is 0 Å². The van der Waals surface area contributed by atoms with E-state index in [1.165, 1.54) is 5.56 Å². The van der Waals surface area contributed by atoms with Crippen molar-refractivity contribution in [1.29, 1.82) is 0 Å². The minimum Gasteiger partial charge on any atom is -0.491 e. The SMILES string of the molecule is Cc1cc(OC(C)C)c(CN2CCNCC2)c(C)c1Cl. The third-order valence-electron chi connectivity index (χ3n) is 3.73. The number of ether oxygens (including phenoxy) is 1. The normalized spacial score (nSPS) is 16.7. The first-order valence-electron chi connectivity index (χ1n) is 7.37.